The number of rotatable bonds is 8. The predicted octanol–water partition coefficient (Wildman–Crippen LogP) is 5.00. The van der Waals surface area contributed by atoms with Gasteiger partial charge in [-0.2, -0.15) is 0 Å². The summed E-state index contributed by atoms with van der Waals surface area (Å²) in [5.74, 6) is -0.435. The van der Waals surface area contributed by atoms with Gasteiger partial charge in [-0.1, -0.05) is 26.0 Å². The monoisotopic (exact) mass is 423 g/mol. The summed E-state index contributed by atoms with van der Waals surface area (Å²) in [6.45, 7) is 9.79. The smallest absolute Gasteiger partial charge is 0.294 e. The molecule has 3 rings (SSSR count). The van der Waals surface area contributed by atoms with Gasteiger partial charge in [0.2, 0.25) is 0 Å². The number of hydrogen-bond donors (Lipinski definition) is 1. The van der Waals surface area contributed by atoms with E-state index in [1.54, 1.807) is 38.1 Å². The summed E-state index contributed by atoms with van der Waals surface area (Å²) in [4.78, 5) is 27.6. The fraction of sp³-hybridized carbons (Fsp3) is 0.360. The second kappa shape index (κ2) is 9.25. The molecule has 1 aliphatic rings. The first-order chi connectivity index (χ1) is 14.7. The molecule has 1 aliphatic heterocycles. The molecule has 0 aliphatic carbocycles. The predicted molar refractivity (Wildman–Crippen MR) is 120 cm³/mol. The lowest BCUT2D eigenvalue weighted by molar-refractivity contribution is -0.119. The van der Waals surface area contributed by atoms with Crippen LogP contribution in [0.5, 0.6) is 11.5 Å². The van der Waals surface area contributed by atoms with Crippen molar-refractivity contribution < 1.29 is 24.2 Å². The van der Waals surface area contributed by atoms with Crippen LogP contribution in [0.2, 0.25) is 0 Å². The molecule has 2 aromatic rings. The van der Waals surface area contributed by atoms with Crippen LogP contribution in [0.25, 0.3) is 0 Å². The summed E-state index contributed by atoms with van der Waals surface area (Å²) in [5.41, 5.74) is 1.36. The quantitative estimate of drug-likeness (QED) is 0.647. The Kier molecular flexibility index (Phi) is 6.68. The van der Waals surface area contributed by atoms with Gasteiger partial charge in [0.25, 0.3) is 5.91 Å². The Hall–Kier alpha value is -3.28. The number of hydrogen-bond acceptors (Lipinski definition) is 5. The van der Waals surface area contributed by atoms with E-state index in [1.165, 1.54) is 4.90 Å². The molecule has 164 valence electrons. The van der Waals surface area contributed by atoms with Crippen molar-refractivity contribution in [2.24, 2.45) is 5.92 Å². The lowest BCUT2D eigenvalue weighted by Crippen LogP contribution is -2.31. The van der Waals surface area contributed by atoms with Crippen LogP contribution in [0.15, 0.2) is 59.9 Å². The average molecular weight is 424 g/mol. The number of carbonyl (C=O) groups excluding carboxylic acids is 2. The number of ketones is 1. The summed E-state index contributed by atoms with van der Waals surface area (Å²) in [6, 6.07) is 13.6. The minimum Gasteiger partial charge on any atom is -0.503 e. The van der Waals surface area contributed by atoms with E-state index < -0.39 is 17.7 Å². The fourth-order valence-electron chi connectivity index (χ4n) is 3.65. The van der Waals surface area contributed by atoms with Gasteiger partial charge in [-0.25, -0.2) is 0 Å². The molecule has 6 nitrogen and oxygen atoms in total. The van der Waals surface area contributed by atoms with E-state index in [1.807, 2.05) is 45.0 Å². The molecular weight excluding hydrogens is 394 g/mol. The van der Waals surface area contributed by atoms with Gasteiger partial charge in [0.15, 0.2) is 11.5 Å². The Labute approximate surface area is 183 Å². The Morgan fingerprint density at radius 3 is 2.32 bits per heavy atom. The minimum absolute atomic E-state index is 0.0246. The van der Waals surface area contributed by atoms with E-state index in [-0.39, 0.29) is 23.4 Å². The first kappa shape index (κ1) is 22.4. The second-order valence-electron chi connectivity index (χ2n) is 8.02. The Balaban J connectivity index is 2.11. The third-order valence-electron chi connectivity index (χ3n) is 4.97. The van der Waals surface area contributed by atoms with Crippen LogP contribution >= 0.6 is 0 Å². The standard InChI is InChI=1S/C25H29NO5/c1-6-30-19-12-10-18(11-13-19)26-22(17-8-7-9-20(14-17)31-16(4)5)21(23(27)15(2)3)24(28)25(26)29/h7-16,22,28H,6H2,1-5H3. The van der Waals surface area contributed by atoms with Crippen molar-refractivity contribution in [1.29, 1.82) is 0 Å². The molecule has 6 heteroatoms. The molecule has 0 bridgehead atoms. The third kappa shape index (κ3) is 4.58. The molecule has 0 saturated carbocycles. The number of carbonyl (C=O) groups is 2. The number of Topliss-reactive ketones (excluding diaryl/α,β-unsaturated/α-hetero) is 1. The van der Waals surface area contributed by atoms with Crippen molar-refractivity contribution in [3.8, 4) is 11.5 Å². The van der Waals surface area contributed by atoms with Gasteiger partial charge < -0.3 is 14.6 Å². The van der Waals surface area contributed by atoms with E-state index in [9.17, 15) is 14.7 Å². The van der Waals surface area contributed by atoms with E-state index in [0.717, 1.165) is 0 Å². The van der Waals surface area contributed by atoms with Crippen LogP contribution in [0.3, 0.4) is 0 Å². The van der Waals surface area contributed by atoms with Gasteiger partial charge in [-0.05, 0) is 62.7 Å². The van der Waals surface area contributed by atoms with Crippen molar-refractivity contribution in [2.45, 2.75) is 46.8 Å². The molecule has 2 aromatic carbocycles. The maximum Gasteiger partial charge on any atom is 0.294 e. The minimum atomic E-state index is -0.754. The zero-order chi connectivity index (χ0) is 22.7. The number of benzene rings is 2. The van der Waals surface area contributed by atoms with Crippen LogP contribution in [0.1, 0.15) is 46.2 Å². The third-order valence-corrected chi connectivity index (χ3v) is 4.97. The first-order valence-corrected chi connectivity index (χ1v) is 10.5. The average Bonchev–Trinajstić information content (AvgIpc) is 2.99. The highest BCUT2D eigenvalue weighted by Gasteiger charge is 2.44. The molecule has 0 aromatic heterocycles. The lowest BCUT2D eigenvalue weighted by Gasteiger charge is -2.28. The maximum absolute atomic E-state index is 13.1. The van der Waals surface area contributed by atoms with E-state index in [0.29, 0.717) is 29.4 Å². The molecule has 1 N–H and O–H groups in total. The topological polar surface area (TPSA) is 76.1 Å². The fourth-order valence-corrected chi connectivity index (χ4v) is 3.65. The number of amides is 1. The number of aliphatic hydroxyl groups excluding tert-OH is 1. The number of anilines is 1. The van der Waals surface area contributed by atoms with Crippen LogP contribution in [-0.4, -0.2) is 29.5 Å². The van der Waals surface area contributed by atoms with Crippen LogP contribution in [0.4, 0.5) is 5.69 Å². The molecule has 1 heterocycles. The molecule has 1 amide bonds. The summed E-state index contributed by atoms with van der Waals surface area (Å²) in [7, 11) is 0. The van der Waals surface area contributed by atoms with Crippen LogP contribution in [0, 0.1) is 5.92 Å². The largest absolute Gasteiger partial charge is 0.503 e. The van der Waals surface area contributed by atoms with Gasteiger partial charge in [-0.3, -0.25) is 14.5 Å². The van der Waals surface area contributed by atoms with Crippen LogP contribution in [-0.2, 0) is 9.59 Å². The highest BCUT2D eigenvalue weighted by molar-refractivity contribution is 6.16. The molecule has 0 saturated heterocycles. The number of nitrogens with zero attached hydrogens (tertiary/aromatic N) is 1. The molecule has 31 heavy (non-hydrogen) atoms. The van der Waals surface area contributed by atoms with E-state index in [2.05, 4.69) is 0 Å². The summed E-state index contributed by atoms with van der Waals surface area (Å²) < 4.78 is 11.3. The van der Waals surface area contributed by atoms with Crippen molar-refractivity contribution in [3.63, 3.8) is 0 Å². The normalized spacial score (nSPS) is 16.4. The Morgan fingerprint density at radius 2 is 1.74 bits per heavy atom. The van der Waals surface area contributed by atoms with Gasteiger partial charge in [0.05, 0.1) is 24.3 Å². The molecule has 1 unspecified atom stereocenters. The molecular formula is C25H29NO5. The maximum atomic E-state index is 13.1. The zero-order valence-corrected chi connectivity index (χ0v) is 18.6. The Bertz CT molecular complexity index is 991. The van der Waals surface area contributed by atoms with Crippen molar-refractivity contribution >= 4 is 17.4 Å². The molecule has 0 radical (unpaired) electrons. The molecule has 1 atom stereocenters. The zero-order valence-electron chi connectivity index (χ0n) is 18.6. The van der Waals surface area contributed by atoms with Gasteiger partial charge >= 0.3 is 0 Å². The van der Waals surface area contributed by atoms with E-state index >= 15 is 0 Å². The van der Waals surface area contributed by atoms with Gasteiger partial charge in [0, 0.05) is 11.6 Å². The summed E-state index contributed by atoms with van der Waals surface area (Å²) >= 11 is 0. The number of ether oxygens (including phenoxy) is 2. The SMILES string of the molecule is CCOc1ccc(N2C(=O)C(O)=C(C(=O)C(C)C)C2c2cccc(OC(C)C)c2)cc1. The highest BCUT2D eigenvalue weighted by Crippen LogP contribution is 2.42. The molecule has 0 spiro atoms. The Morgan fingerprint density at radius 1 is 1.06 bits per heavy atom. The lowest BCUT2D eigenvalue weighted by atomic mass is 9.91. The molecule has 0 fully saturated rings. The van der Waals surface area contributed by atoms with E-state index in [4.69, 9.17) is 9.47 Å². The van der Waals surface area contributed by atoms with Gasteiger partial charge in [0.1, 0.15) is 11.5 Å². The van der Waals surface area contributed by atoms with Crippen molar-refractivity contribution in [3.05, 3.63) is 65.4 Å². The highest BCUT2D eigenvalue weighted by atomic mass is 16.5. The summed E-state index contributed by atoms with van der Waals surface area (Å²) in [6.07, 6.45) is -0.0246. The van der Waals surface area contributed by atoms with Crippen molar-refractivity contribution in [1.82, 2.24) is 0 Å². The summed E-state index contributed by atoms with van der Waals surface area (Å²) in [5, 5.41) is 10.7. The second-order valence-corrected chi connectivity index (χ2v) is 8.02. The van der Waals surface area contributed by atoms with Crippen LogP contribution < -0.4 is 14.4 Å². The van der Waals surface area contributed by atoms with Crippen molar-refractivity contribution in [2.75, 3.05) is 11.5 Å². The van der Waals surface area contributed by atoms with Gasteiger partial charge in [-0.15, -0.1) is 0 Å². The first-order valence-electron chi connectivity index (χ1n) is 10.5. The number of aliphatic hydroxyl groups is 1.